The number of benzene rings is 1. The first-order valence-corrected chi connectivity index (χ1v) is 6.36. The summed E-state index contributed by atoms with van der Waals surface area (Å²) in [6.07, 6.45) is 0.448. The number of anilines is 1. The zero-order valence-electron chi connectivity index (χ0n) is 7.53. The molecule has 0 aliphatic rings. The summed E-state index contributed by atoms with van der Waals surface area (Å²) in [5.41, 5.74) is 0.460. The topological polar surface area (TPSA) is 46.2 Å². The molecule has 3 nitrogen and oxygen atoms in total. The molecular formula is C9H11ClNO2S. The van der Waals surface area contributed by atoms with E-state index >= 15 is 0 Å². The van der Waals surface area contributed by atoms with Gasteiger partial charge < -0.3 is 0 Å². The van der Waals surface area contributed by atoms with E-state index in [4.69, 9.17) is 11.6 Å². The van der Waals surface area contributed by atoms with Gasteiger partial charge in [-0.05, 0) is 12.5 Å². The molecule has 77 valence electrons. The fourth-order valence-corrected chi connectivity index (χ4v) is 2.30. The molecule has 0 bridgehead atoms. The molecule has 0 amide bonds. The Morgan fingerprint density at radius 2 is 2.21 bits per heavy atom. The molecule has 1 aromatic rings. The summed E-state index contributed by atoms with van der Waals surface area (Å²) in [5, 5.41) is 0. The van der Waals surface area contributed by atoms with Gasteiger partial charge in [-0.3, -0.25) is 4.72 Å². The van der Waals surface area contributed by atoms with Gasteiger partial charge in [0.05, 0.1) is 11.4 Å². The van der Waals surface area contributed by atoms with Crippen molar-refractivity contribution < 1.29 is 8.42 Å². The lowest BCUT2D eigenvalue weighted by Crippen LogP contribution is -2.16. The predicted octanol–water partition coefficient (Wildman–Crippen LogP) is 1.86. The Labute approximate surface area is 89.1 Å². The number of nitrogens with one attached hydrogen (secondary N) is 1. The SMILES string of the molecule is O=S(=O)(CCCCl)Nc1[c]cccc1. The van der Waals surface area contributed by atoms with E-state index in [2.05, 4.69) is 10.8 Å². The van der Waals surface area contributed by atoms with Crippen LogP contribution < -0.4 is 4.72 Å². The standard InChI is InChI=1S/C9H11ClNO2S/c10-7-4-8-14(12,13)11-9-5-2-1-3-6-9/h1-3,5,11H,4,7-8H2. The molecule has 0 aromatic heterocycles. The summed E-state index contributed by atoms with van der Waals surface area (Å²) in [5.74, 6) is 0.388. The molecule has 0 aliphatic heterocycles. The zero-order valence-corrected chi connectivity index (χ0v) is 9.11. The van der Waals surface area contributed by atoms with Gasteiger partial charge in [-0.2, -0.15) is 0 Å². The summed E-state index contributed by atoms with van der Waals surface area (Å²) < 4.78 is 25.1. The van der Waals surface area contributed by atoms with Gasteiger partial charge in [0.15, 0.2) is 0 Å². The molecule has 1 radical (unpaired) electrons. The lowest BCUT2D eigenvalue weighted by molar-refractivity contribution is 0.600. The minimum absolute atomic E-state index is 0.0409. The molecule has 5 heteroatoms. The number of sulfonamides is 1. The highest BCUT2D eigenvalue weighted by Crippen LogP contribution is 2.07. The van der Waals surface area contributed by atoms with Crippen LogP contribution in [0, 0.1) is 6.07 Å². The van der Waals surface area contributed by atoms with Gasteiger partial charge in [-0.15, -0.1) is 11.6 Å². The second-order valence-corrected chi connectivity index (χ2v) is 4.96. The van der Waals surface area contributed by atoms with Crippen LogP contribution in [-0.2, 0) is 10.0 Å². The smallest absolute Gasteiger partial charge is 0.232 e. The van der Waals surface area contributed by atoms with Gasteiger partial charge in [0.2, 0.25) is 10.0 Å². The van der Waals surface area contributed by atoms with Crippen molar-refractivity contribution in [2.45, 2.75) is 6.42 Å². The maximum absolute atomic E-state index is 11.4. The lowest BCUT2D eigenvalue weighted by Gasteiger charge is -2.05. The molecule has 0 spiro atoms. The molecule has 0 aliphatic carbocycles. The number of rotatable bonds is 5. The number of hydrogen-bond acceptors (Lipinski definition) is 2. The number of hydrogen-bond donors (Lipinski definition) is 1. The lowest BCUT2D eigenvalue weighted by atomic mass is 10.3. The second-order valence-electron chi connectivity index (χ2n) is 2.74. The summed E-state index contributed by atoms with van der Waals surface area (Å²) >= 11 is 5.41. The van der Waals surface area contributed by atoms with E-state index in [0.29, 0.717) is 18.0 Å². The summed E-state index contributed by atoms with van der Waals surface area (Å²) in [6.45, 7) is 0. The van der Waals surface area contributed by atoms with E-state index in [0.717, 1.165) is 0 Å². The monoisotopic (exact) mass is 232 g/mol. The highest BCUT2D eigenvalue weighted by molar-refractivity contribution is 7.92. The van der Waals surface area contributed by atoms with Crippen molar-refractivity contribution in [3.8, 4) is 0 Å². The van der Waals surface area contributed by atoms with Crippen molar-refractivity contribution in [2.75, 3.05) is 16.4 Å². The second kappa shape index (κ2) is 5.22. The largest absolute Gasteiger partial charge is 0.283 e. The van der Waals surface area contributed by atoms with Crippen LogP contribution in [-0.4, -0.2) is 20.1 Å². The van der Waals surface area contributed by atoms with Crippen LogP contribution >= 0.6 is 11.6 Å². The minimum atomic E-state index is -3.26. The first kappa shape index (κ1) is 11.3. The van der Waals surface area contributed by atoms with Gasteiger partial charge in [0.1, 0.15) is 0 Å². The molecule has 0 unspecified atom stereocenters. The third-order valence-electron chi connectivity index (χ3n) is 1.52. The van der Waals surface area contributed by atoms with Crippen LogP contribution in [0.1, 0.15) is 6.42 Å². The average molecular weight is 233 g/mol. The van der Waals surface area contributed by atoms with Crippen molar-refractivity contribution >= 4 is 27.3 Å². The molecule has 1 aromatic carbocycles. The highest BCUT2D eigenvalue weighted by atomic mass is 35.5. The molecule has 0 fully saturated rings. The van der Waals surface area contributed by atoms with Crippen LogP contribution in [0.25, 0.3) is 0 Å². The van der Waals surface area contributed by atoms with Gasteiger partial charge >= 0.3 is 0 Å². The molecule has 0 atom stereocenters. The molecule has 1 rings (SSSR count). The van der Waals surface area contributed by atoms with Crippen LogP contribution in [0.2, 0.25) is 0 Å². The maximum Gasteiger partial charge on any atom is 0.232 e. The van der Waals surface area contributed by atoms with Crippen LogP contribution in [0.15, 0.2) is 24.3 Å². The van der Waals surface area contributed by atoms with Crippen molar-refractivity contribution in [3.05, 3.63) is 30.3 Å². The summed E-state index contributed by atoms with van der Waals surface area (Å²) in [7, 11) is -3.26. The average Bonchev–Trinajstić information content (AvgIpc) is 2.16. The van der Waals surface area contributed by atoms with E-state index < -0.39 is 10.0 Å². The van der Waals surface area contributed by atoms with E-state index in [9.17, 15) is 8.42 Å². The third-order valence-corrected chi connectivity index (χ3v) is 3.15. The van der Waals surface area contributed by atoms with Gasteiger partial charge in [-0.1, -0.05) is 18.2 Å². The van der Waals surface area contributed by atoms with Crippen LogP contribution in [0.4, 0.5) is 5.69 Å². The molecule has 1 N–H and O–H groups in total. The van der Waals surface area contributed by atoms with Gasteiger partial charge in [0.25, 0.3) is 0 Å². The van der Waals surface area contributed by atoms with E-state index in [-0.39, 0.29) is 5.75 Å². The normalized spacial score (nSPS) is 11.2. The first-order valence-electron chi connectivity index (χ1n) is 4.17. The summed E-state index contributed by atoms with van der Waals surface area (Å²) in [4.78, 5) is 0. The van der Waals surface area contributed by atoms with E-state index in [1.54, 1.807) is 24.3 Å². The number of alkyl halides is 1. The molecule has 14 heavy (non-hydrogen) atoms. The Balaban J connectivity index is 2.60. The fraction of sp³-hybridized carbons (Fsp3) is 0.333. The zero-order chi connectivity index (χ0) is 10.4. The van der Waals surface area contributed by atoms with E-state index in [1.165, 1.54) is 0 Å². The van der Waals surface area contributed by atoms with Crippen molar-refractivity contribution in [2.24, 2.45) is 0 Å². The van der Waals surface area contributed by atoms with Crippen molar-refractivity contribution in [1.29, 1.82) is 0 Å². The van der Waals surface area contributed by atoms with Crippen LogP contribution in [0.5, 0.6) is 0 Å². The summed E-state index contributed by atoms with van der Waals surface area (Å²) in [6, 6.07) is 9.60. The first-order chi connectivity index (χ1) is 6.64. The predicted molar refractivity (Wildman–Crippen MR) is 58.0 cm³/mol. The van der Waals surface area contributed by atoms with Gasteiger partial charge in [0, 0.05) is 11.9 Å². The molecule has 0 heterocycles. The Morgan fingerprint density at radius 1 is 1.43 bits per heavy atom. The Kier molecular flexibility index (Phi) is 4.22. The molecule has 0 saturated heterocycles. The Bertz CT molecular complexity index is 364. The minimum Gasteiger partial charge on any atom is -0.283 e. The van der Waals surface area contributed by atoms with Crippen molar-refractivity contribution in [1.82, 2.24) is 0 Å². The maximum atomic E-state index is 11.4. The number of halogens is 1. The highest BCUT2D eigenvalue weighted by Gasteiger charge is 2.08. The third kappa shape index (κ3) is 3.98. The Morgan fingerprint density at radius 3 is 2.79 bits per heavy atom. The van der Waals surface area contributed by atoms with Crippen LogP contribution in [0.3, 0.4) is 0 Å². The Hall–Kier alpha value is -0.740. The molecule has 0 saturated carbocycles. The fourth-order valence-electron chi connectivity index (χ4n) is 0.920. The quantitative estimate of drug-likeness (QED) is 0.788. The molecular weight excluding hydrogens is 222 g/mol. The number of para-hydroxylation sites is 1. The van der Waals surface area contributed by atoms with Crippen molar-refractivity contribution in [3.63, 3.8) is 0 Å². The van der Waals surface area contributed by atoms with E-state index in [1.807, 2.05) is 0 Å². The van der Waals surface area contributed by atoms with Gasteiger partial charge in [-0.25, -0.2) is 8.42 Å².